The average molecular weight is 315 g/mol. The third kappa shape index (κ3) is 3.62. The number of hydrogen-bond acceptors (Lipinski definition) is 4. The van der Waals surface area contributed by atoms with E-state index in [1.54, 1.807) is 20.8 Å². The van der Waals surface area contributed by atoms with Crippen LogP contribution >= 0.6 is 0 Å². The van der Waals surface area contributed by atoms with Gasteiger partial charge in [0.1, 0.15) is 11.8 Å². The van der Waals surface area contributed by atoms with Gasteiger partial charge in [0.15, 0.2) is 0 Å². The molecule has 0 saturated carbocycles. The van der Waals surface area contributed by atoms with E-state index in [0.29, 0.717) is 16.8 Å². The van der Waals surface area contributed by atoms with Crippen LogP contribution < -0.4 is 0 Å². The normalized spacial score (nSPS) is 11.8. The lowest BCUT2D eigenvalue weighted by Crippen LogP contribution is -2.11. The Balaban J connectivity index is 2.20. The van der Waals surface area contributed by atoms with Gasteiger partial charge in [0, 0.05) is 5.69 Å². The number of ether oxygens (including phenoxy) is 2. The number of carbonyl (C=O) groups excluding carboxylic acids is 2. The second-order valence-corrected chi connectivity index (χ2v) is 5.30. The predicted octanol–water partition coefficient (Wildman–Crippen LogP) is 3.73. The highest BCUT2D eigenvalue weighted by atomic mass is 16.5. The Kier molecular flexibility index (Phi) is 5.21. The lowest BCUT2D eigenvalue weighted by molar-refractivity contribution is 0.0330. The van der Waals surface area contributed by atoms with Gasteiger partial charge in [0.2, 0.25) is 0 Å². The largest absolute Gasteiger partial charge is 0.462 e. The highest BCUT2D eigenvalue weighted by Crippen LogP contribution is 2.23. The zero-order chi connectivity index (χ0) is 17.0. The molecule has 0 radical (unpaired) electrons. The number of aromatic amines is 1. The van der Waals surface area contributed by atoms with E-state index < -0.39 is 11.9 Å². The number of carbonyl (C=O) groups is 2. The van der Waals surface area contributed by atoms with Gasteiger partial charge in [-0.3, -0.25) is 0 Å². The number of aromatic nitrogens is 1. The van der Waals surface area contributed by atoms with Crippen LogP contribution in [0.5, 0.6) is 0 Å². The molecule has 5 nitrogen and oxygen atoms in total. The molecule has 0 aliphatic rings. The quantitative estimate of drug-likeness (QED) is 0.854. The molecule has 2 aromatic rings. The maximum Gasteiger partial charge on any atom is 0.355 e. The summed E-state index contributed by atoms with van der Waals surface area (Å²) in [5, 5.41) is 0. The van der Waals surface area contributed by atoms with Crippen molar-refractivity contribution in [3.05, 3.63) is 58.4 Å². The summed E-state index contributed by atoms with van der Waals surface area (Å²) in [5.41, 5.74) is 2.73. The summed E-state index contributed by atoms with van der Waals surface area (Å²) in [6.45, 7) is 7.28. The van der Waals surface area contributed by atoms with Crippen LogP contribution in [0.25, 0.3) is 0 Å². The van der Waals surface area contributed by atoms with E-state index in [-0.39, 0.29) is 18.4 Å². The summed E-state index contributed by atoms with van der Waals surface area (Å²) in [5.74, 6) is -0.925. The maximum absolute atomic E-state index is 12.4. The van der Waals surface area contributed by atoms with Gasteiger partial charge in [-0.25, -0.2) is 9.59 Å². The number of rotatable bonds is 5. The van der Waals surface area contributed by atoms with Crippen molar-refractivity contribution in [3.8, 4) is 0 Å². The van der Waals surface area contributed by atoms with Crippen LogP contribution in [0.2, 0.25) is 0 Å². The van der Waals surface area contributed by atoms with Gasteiger partial charge in [0.25, 0.3) is 0 Å². The lowest BCUT2D eigenvalue weighted by Gasteiger charge is -2.13. The first kappa shape index (κ1) is 16.8. The van der Waals surface area contributed by atoms with Gasteiger partial charge < -0.3 is 14.5 Å². The fourth-order valence-electron chi connectivity index (χ4n) is 2.48. The van der Waals surface area contributed by atoms with Crippen molar-refractivity contribution in [1.82, 2.24) is 4.98 Å². The summed E-state index contributed by atoms with van der Waals surface area (Å²) in [4.78, 5) is 27.3. The summed E-state index contributed by atoms with van der Waals surface area (Å²) >= 11 is 0. The molecule has 0 unspecified atom stereocenters. The molecule has 0 aliphatic carbocycles. The van der Waals surface area contributed by atoms with Crippen LogP contribution in [0.4, 0.5) is 0 Å². The van der Waals surface area contributed by atoms with Crippen LogP contribution in [0.3, 0.4) is 0 Å². The Hall–Kier alpha value is -2.56. The SMILES string of the molecule is CCOC(=O)c1c(C)[nH]c(C(=O)O[C@@H](C)c2ccccc2)c1C. The van der Waals surface area contributed by atoms with Crippen LogP contribution in [0, 0.1) is 13.8 Å². The fraction of sp³-hybridized carbons (Fsp3) is 0.333. The molecule has 5 heteroatoms. The summed E-state index contributed by atoms with van der Waals surface area (Å²) < 4.78 is 10.5. The third-order valence-corrected chi connectivity index (χ3v) is 3.67. The van der Waals surface area contributed by atoms with Gasteiger partial charge in [-0.15, -0.1) is 0 Å². The van der Waals surface area contributed by atoms with Gasteiger partial charge in [-0.1, -0.05) is 30.3 Å². The molecule has 2 rings (SSSR count). The molecule has 1 N–H and O–H groups in total. The smallest absolute Gasteiger partial charge is 0.355 e. The molecule has 0 spiro atoms. The second-order valence-electron chi connectivity index (χ2n) is 5.30. The second kappa shape index (κ2) is 7.13. The van der Waals surface area contributed by atoms with Crippen LogP contribution in [-0.4, -0.2) is 23.5 Å². The maximum atomic E-state index is 12.4. The number of hydrogen-bond donors (Lipinski definition) is 1. The van der Waals surface area contributed by atoms with E-state index in [1.807, 2.05) is 37.3 Å². The Labute approximate surface area is 135 Å². The molecule has 0 fully saturated rings. The molecule has 0 amide bonds. The van der Waals surface area contributed by atoms with Crippen molar-refractivity contribution in [2.24, 2.45) is 0 Å². The highest BCUT2D eigenvalue weighted by molar-refractivity contribution is 5.98. The van der Waals surface area contributed by atoms with Crippen LogP contribution in [-0.2, 0) is 9.47 Å². The Bertz CT molecular complexity index is 703. The predicted molar refractivity (Wildman–Crippen MR) is 86.5 cm³/mol. The average Bonchev–Trinajstić information content (AvgIpc) is 2.83. The minimum Gasteiger partial charge on any atom is -0.462 e. The number of esters is 2. The van der Waals surface area contributed by atoms with Crippen molar-refractivity contribution in [1.29, 1.82) is 0 Å². The van der Waals surface area contributed by atoms with Gasteiger partial charge >= 0.3 is 11.9 Å². The van der Waals surface area contributed by atoms with Crippen molar-refractivity contribution >= 4 is 11.9 Å². The third-order valence-electron chi connectivity index (χ3n) is 3.67. The molecule has 1 atom stereocenters. The van der Waals surface area contributed by atoms with E-state index in [0.717, 1.165) is 5.56 Å². The standard InChI is InChI=1S/C18H21NO4/c1-5-22-17(20)15-11(2)16(19-12(15)3)18(21)23-13(4)14-9-7-6-8-10-14/h6-10,13,19H,5H2,1-4H3/t13-/m0/s1. The minimum atomic E-state index is -0.488. The fourth-order valence-corrected chi connectivity index (χ4v) is 2.48. The molecule has 0 saturated heterocycles. The zero-order valence-electron chi connectivity index (χ0n) is 13.8. The Morgan fingerprint density at radius 2 is 1.78 bits per heavy atom. The number of aryl methyl sites for hydroxylation is 1. The van der Waals surface area contributed by atoms with Gasteiger partial charge in [-0.2, -0.15) is 0 Å². The molecule has 23 heavy (non-hydrogen) atoms. The molecule has 0 bridgehead atoms. The first-order chi connectivity index (χ1) is 11.0. The summed E-state index contributed by atoms with van der Waals surface area (Å²) in [7, 11) is 0. The topological polar surface area (TPSA) is 68.4 Å². The van der Waals surface area contributed by atoms with E-state index in [9.17, 15) is 9.59 Å². The zero-order valence-corrected chi connectivity index (χ0v) is 13.8. The van der Waals surface area contributed by atoms with Crippen molar-refractivity contribution in [2.75, 3.05) is 6.61 Å². The van der Waals surface area contributed by atoms with Crippen molar-refractivity contribution in [2.45, 2.75) is 33.8 Å². The molecule has 1 heterocycles. The van der Waals surface area contributed by atoms with Crippen molar-refractivity contribution in [3.63, 3.8) is 0 Å². The van der Waals surface area contributed by atoms with E-state index >= 15 is 0 Å². The molecule has 122 valence electrons. The summed E-state index contributed by atoms with van der Waals surface area (Å²) in [6, 6.07) is 9.48. The van der Waals surface area contributed by atoms with E-state index in [4.69, 9.17) is 9.47 Å². The molecular weight excluding hydrogens is 294 g/mol. The summed E-state index contributed by atoms with van der Waals surface area (Å²) in [6.07, 6.45) is -0.377. The molecule has 1 aromatic heterocycles. The Morgan fingerprint density at radius 1 is 1.13 bits per heavy atom. The van der Waals surface area contributed by atoms with Crippen molar-refractivity contribution < 1.29 is 19.1 Å². The lowest BCUT2D eigenvalue weighted by atomic mass is 10.1. The van der Waals surface area contributed by atoms with E-state index in [2.05, 4.69) is 4.98 Å². The number of H-pyrrole nitrogens is 1. The highest BCUT2D eigenvalue weighted by Gasteiger charge is 2.24. The van der Waals surface area contributed by atoms with Crippen LogP contribution in [0.1, 0.15) is 57.6 Å². The Morgan fingerprint density at radius 3 is 2.39 bits per heavy atom. The minimum absolute atomic E-state index is 0.285. The molecule has 1 aromatic carbocycles. The van der Waals surface area contributed by atoms with Gasteiger partial charge in [0.05, 0.1) is 12.2 Å². The molecular formula is C18H21NO4. The molecule has 0 aliphatic heterocycles. The van der Waals surface area contributed by atoms with E-state index in [1.165, 1.54) is 0 Å². The van der Waals surface area contributed by atoms with Gasteiger partial charge in [-0.05, 0) is 38.8 Å². The first-order valence-corrected chi connectivity index (χ1v) is 7.57. The number of benzene rings is 1. The van der Waals surface area contributed by atoms with Crippen LogP contribution in [0.15, 0.2) is 30.3 Å². The monoisotopic (exact) mass is 315 g/mol. The number of nitrogens with one attached hydrogen (secondary N) is 1. The first-order valence-electron chi connectivity index (χ1n) is 7.57.